The summed E-state index contributed by atoms with van der Waals surface area (Å²) in [5.41, 5.74) is 0.916. The molecule has 1 rings (SSSR count). The van der Waals surface area contributed by atoms with Crippen molar-refractivity contribution in [3.05, 3.63) is 34.6 Å². The molecule has 0 atom stereocenters. The fraction of sp³-hybridized carbons (Fsp3) is 0.364. The van der Waals surface area contributed by atoms with Gasteiger partial charge in [-0.15, -0.1) is 12.7 Å². The number of hydrogen-bond acceptors (Lipinski definition) is 2. The molecule has 1 aliphatic heterocycles. The molecule has 1 heterocycles. The van der Waals surface area contributed by atoms with Gasteiger partial charge in [-0.25, -0.2) is 0 Å². The molecule has 0 bridgehead atoms. The number of carbonyl (C=O) groups is 1. The van der Waals surface area contributed by atoms with Crippen LogP contribution in [-0.4, -0.2) is 22.5 Å². The first-order valence-corrected chi connectivity index (χ1v) is 5.56. The second kappa shape index (κ2) is 7.41. The molecule has 0 fully saturated rings. The summed E-state index contributed by atoms with van der Waals surface area (Å²) in [6, 6.07) is 0. The molecule has 3 nitrogen and oxygen atoms in total. The Morgan fingerprint density at radius 2 is 2.31 bits per heavy atom. The fourth-order valence-corrected chi connectivity index (χ4v) is 1.64. The first-order valence-electron chi connectivity index (χ1n) is 4.77. The Balaban J connectivity index is 0.00000225. The van der Waals surface area contributed by atoms with Gasteiger partial charge in [0, 0.05) is 39.3 Å². The molecule has 1 N–H and O–H groups in total. The summed E-state index contributed by atoms with van der Waals surface area (Å²) < 4.78 is 0.703. The Labute approximate surface area is 129 Å². The summed E-state index contributed by atoms with van der Waals surface area (Å²) >= 11 is 3.29. The molecule has 5 heteroatoms. The van der Waals surface area contributed by atoms with Crippen molar-refractivity contribution in [2.24, 2.45) is 0 Å². The fourth-order valence-electron chi connectivity index (χ4n) is 1.20. The van der Waals surface area contributed by atoms with E-state index in [1.165, 1.54) is 6.08 Å². The van der Waals surface area contributed by atoms with Gasteiger partial charge in [0.05, 0.1) is 0 Å². The standard InChI is InChI=1S/C11H13BrNO2.Y/c1-3-4-5-13-7-9(11(14)15)6-10(12)8(13)2;/h6H,2-5H2,1H3,(H,14,15);/q-1;. The van der Waals surface area contributed by atoms with Crippen molar-refractivity contribution < 1.29 is 42.6 Å². The molecular weight excluding hydrogens is 347 g/mol. The zero-order valence-electron chi connectivity index (χ0n) is 9.16. The van der Waals surface area contributed by atoms with Crippen LogP contribution in [-0.2, 0) is 37.5 Å². The van der Waals surface area contributed by atoms with Gasteiger partial charge in [0.2, 0.25) is 5.97 Å². The van der Waals surface area contributed by atoms with Crippen LogP contribution in [0.15, 0.2) is 28.4 Å². The van der Waals surface area contributed by atoms with Gasteiger partial charge in [0.15, 0.2) is 0 Å². The summed E-state index contributed by atoms with van der Waals surface area (Å²) in [6.45, 7) is 6.69. The number of aliphatic carboxylic acids is 1. The second-order valence-corrected chi connectivity index (χ2v) is 4.13. The third-order valence-electron chi connectivity index (χ3n) is 2.09. The van der Waals surface area contributed by atoms with Crippen molar-refractivity contribution in [1.82, 2.24) is 4.90 Å². The van der Waals surface area contributed by atoms with Crippen LogP contribution in [0.5, 0.6) is 0 Å². The quantitative estimate of drug-likeness (QED) is 0.784. The molecule has 0 saturated carbocycles. The predicted molar refractivity (Wildman–Crippen MR) is 62.2 cm³/mol. The molecule has 0 aromatic heterocycles. The van der Waals surface area contributed by atoms with Crippen molar-refractivity contribution >= 4 is 21.9 Å². The van der Waals surface area contributed by atoms with E-state index in [0.29, 0.717) is 4.48 Å². The van der Waals surface area contributed by atoms with Crippen molar-refractivity contribution in [2.45, 2.75) is 19.8 Å². The predicted octanol–water partition coefficient (Wildman–Crippen LogP) is 2.66. The maximum atomic E-state index is 10.8. The monoisotopic (exact) mass is 359 g/mol. The topological polar surface area (TPSA) is 40.5 Å². The molecule has 0 saturated heterocycles. The van der Waals surface area contributed by atoms with E-state index in [1.54, 1.807) is 4.90 Å². The van der Waals surface area contributed by atoms with E-state index in [9.17, 15) is 4.79 Å². The molecule has 1 radical (unpaired) electrons. The minimum Gasteiger partial charge on any atom is -0.521 e. The van der Waals surface area contributed by atoms with E-state index in [0.717, 1.165) is 25.1 Å². The number of nitrogens with zero attached hydrogens (tertiary/aromatic N) is 1. The summed E-state index contributed by atoms with van der Waals surface area (Å²) in [4.78, 5) is 12.6. The molecule has 0 aliphatic carbocycles. The number of rotatable bonds is 4. The normalized spacial score (nSPS) is 15.1. The Hall–Kier alpha value is 0.0739. The first-order chi connectivity index (χ1) is 7.06. The summed E-state index contributed by atoms with van der Waals surface area (Å²) in [7, 11) is 0. The first kappa shape index (κ1) is 16.1. The van der Waals surface area contributed by atoms with Gasteiger partial charge in [-0.2, -0.15) is 0 Å². The van der Waals surface area contributed by atoms with Gasteiger partial charge in [-0.1, -0.05) is 35.5 Å². The van der Waals surface area contributed by atoms with Crippen molar-refractivity contribution in [2.75, 3.05) is 6.54 Å². The average Bonchev–Trinajstić information content (AvgIpc) is 2.19. The molecule has 85 valence electrons. The van der Waals surface area contributed by atoms with Gasteiger partial charge >= 0.3 is 0 Å². The number of unbranched alkanes of at least 4 members (excludes halogenated alkanes) is 1. The van der Waals surface area contributed by atoms with Crippen LogP contribution in [0.4, 0.5) is 0 Å². The third kappa shape index (κ3) is 4.15. The largest absolute Gasteiger partial charge is 0.521 e. The van der Waals surface area contributed by atoms with Crippen LogP contribution in [0.3, 0.4) is 0 Å². The maximum absolute atomic E-state index is 10.8. The van der Waals surface area contributed by atoms with E-state index in [-0.39, 0.29) is 38.3 Å². The zero-order chi connectivity index (χ0) is 11.4. The minimum absolute atomic E-state index is 0. The molecule has 16 heavy (non-hydrogen) atoms. The van der Waals surface area contributed by atoms with Crippen LogP contribution < -0.4 is 0 Å². The van der Waals surface area contributed by atoms with E-state index >= 15 is 0 Å². The Morgan fingerprint density at radius 1 is 1.69 bits per heavy atom. The van der Waals surface area contributed by atoms with Gasteiger partial charge in [0.1, 0.15) is 0 Å². The van der Waals surface area contributed by atoms with E-state index in [1.807, 2.05) is 0 Å². The molecule has 0 amide bonds. The van der Waals surface area contributed by atoms with Gasteiger partial charge in [-0.3, -0.25) is 0 Å². The molecule has 1 aliphatic rings. The van der Waals surface area contributed by atoms with Crippen LogP contribution in [0, 0.1) is 6.20 Å². The third-order valence-corrected chi connectivity index (χ3v) is 2.78. The Morgan fingerprint density at radius 3 is 2.81 bits per heavy atom. The Bertz CT molecular complexity index is 350. The number of hydrogen-bond donors (Lipinski definition) is 1. The van der Waals surface area contributed by atoms with Crippen LogP contribution >= 0.6 is 15.9 Å². The van der Waals surface area contributed by atoms with E-state index < -0.39 is 5.97 Å². The molecule has 0 aromatic carbocycles. The van der Waals surface area contributed by atoms with Gasteiger partial charge in [-0.05, 0) is 22.2 Å². The van der Waals surface area contributed by atoms with Gasteiger partial charge < -0.3 is 14.8 Å². The van der Waals surface area contributed by atoms with Gasteiger partial charge in [0.25, 0.3) is 0 Å². The maximum Gasteiger partial charge on any atom is 0.249 e. The smallest absolute Gasteiger partial charge is 0.249 e. The molecule has 0 aromatic rings. The van der Waals surface area contributed by atoms with Crippen molar-refractivity contribution in [3.63, 3.8) is 0 Å². The molecular formula is C11H13BrNO2Y-. The van der Waals surface area contributed by atoms with Crippen molar-refractivity contribution in [1.29, 1.82) is 0 Å². The van der Waals surface area contributed by atoms with Crippen molar-refractivity contribution in [3.8, 4) is 0 Å². The molecule has 0 unspecified atom stereocenters. The molecule has 0 spiro atoms. The SMILES string of the molecule is C=C1C(Br)=CC(C(=O)O)=[C-]N1CCCC.[Y]. The van der Waals surface area contributed by atoms with Crippen LogP contribution in [0.2, 0.25) is 0 Å². The summed E-state index contributed by atoms with van der Waals surface area (Å²) in [5.74, 6) is -0.971. The van der Waals surface area contributed by atoms with Crippen LogP contribution in [0.1, 0.15) is 19.8 Å². The number of allylic oxidation sites excluding steroid dienone is 1. The minimum atomic E-state index is -0.971. The number of carboxylic acids is 1. The summed E-state index contributed by atoms with van der Waals surface area (Å²) in [6.07, 6.45) is 6.37. The summed E-state index contributed by atoms with van der Waals surface area (Å²) in [5, 5.41) is 8.86. The number of carboxylic acid groups (broad SMARTS) is 1. The second-order valence-electron chi connectivity index (χ2n) is 3.27. The van der Waals surface area contributed by atoms with E-state index in [2.05, 4.69) is 35.6 Å². The van der Waals surface area contributed by atoms with Crippen LogP contribution in [0.25, 0.3) is 0 Å². The zero-order valence-corrected chi connectivity index (χ0v) is 13.6. The average molecular weight is 360 g/mol. The number of halogens is 1. The van der Waals surface area contributed by atoms with E-state index in [4.69, 9.17) is 5.11 Å². The Kier molecular flexibility index (Phi) is 7.44.